The quantitative estimate of drug-likeness (QED) is 0.616. The number of benzene rings is 2. The van der Waals surface area contributed by atoms with Gasteiger partial charge in [-0.25, -0.2) is 0 Å². The maximum absolute atomic E-state index is 5.64. The Kier molecular flexibility index (Phi) is 4.86. The van der Waals surface area contributed by atoms with Gasteiger partial charge in [0, 0.05) is 5.75 Å². The van der Waals surface area contributed by atoms with Gasteiger partial charge in [0.2, 0.25) is 0 Å². The van der Waals surface area contributed by atoms with Gasteiger partial charge in [0.05, 0.1) is 18.6 Å². The highest BCUT2D eigenvalue weighted by molar-refractivity contribution is 7.98. The second-order valence-corrected chi connectivity index (χ2v) is 6.06. The zero-order valence-electron chi connectivity index (χ0n) is 12.4. The number of thioether (sulfide) groups is 1. The zero-order valence-corrected chi connectivity index (χ0v) is 13.3. The SMILES string of the molecule is COc1ccc(C(SCc2ccccc2)c2ccco2)cc1. The number of furan rings is 1. The van der Waals surface area contributed by atoms with Crippen LogP contribution < -0.4 is 4.74 Å². The van der Waals surface area contributed by atoms with E-state index >= 15 is 0 Å². The van der Waals surface area contributed by atoms with Gasteiger partial charge in [-0.3, -0.25) is 0 Å². The lowest BCUT2D eigenvalue weighted by molar-refractivity contribution is 0.414. The van der Waals surface area contributed by atoms with Crippen molar-refractivity contribution in [3.8, 4) is 5.75 Å². The van der Waals surface area contributed by atoms with E-state index in [-0.39, 0.29) is 5.25 Å². The van der Waals surface area contributed by atoms with Crippen molar-refractivity contribution >= 4 is 11.8 Å². The number of hydrogen-bond donors (Lipinski definition) is 0. The summed E-state index contributed by atoms with van der Waals surface area (Å²) in [6.07, 6.45) is 1.73. The molecule has 2 aromatic carbocycles. The van der Waals surface area contributed by atoms with Crippen molar-refractivity contribution in [2.24, 2.45) is 0 Å². The van der Waals surface area contributed by atoms with Crippen molar-refractivity contribution < 1.29 is 9.15 Å². The summed E-state index contributed by atoms with van der Waals surface area (Å²) in [6, 6.07) is 22.7. The summed E-state index contributed by atoms with van der Waals surface area (Å²) in [5, 5.41) is 0.182. The molecule has 22 heavy (non-hydrogen) atoms. The van der Waals surface area contributed by atoms with Crippen LogP contribution in [0.15, 0.2) is 77.4 Å². The van der Waals surface area contributed by atoms with Crippen LogP contribution in [0.2, 0.25) is 0 Å². The molecule has 0 aliphatic rings. The van der Waals surface area contributed by atoms with E-state index in [1.54, 1.807) is 13.4 Å². The largest absolute Gasteiger partial charge is 0.497 e. The minimum absolute atomic E-state index is 0.182. The standard InChI is InChI=1S/C19H18O2S/c1-20-17-11-9-16(10-12-17)19(18-8-5-13-21-18)22-14-15-6-3-2-4-7-15/h2-13,19H,14H2,1H3. The van der Waals surface area contributed by atoms with Gasteiger partial charge in [0.15, 0.2) is 0 Å². The van der Waals surface area contributed by atoms with Crippen LogP contribution in [-0.2, 0) is 5.75 Å². The van der Waals surface area contributed by atoms with E-state index in [4.69, 9.17) is 9.15 Å². The van der Waals surface area contributed by atoms with Crippen molar-refractivity contribution in [1.82, 2.24) is 0 Å². The second kappa shape index (κ2) is 7.23. The molecule has 0 saturated carbocycles. The molecule has 1 heterocycles. The second-order valence-electron chi connectivity index (χ2n) is 4.97. The lowest BCUT2D eigenvalue weighted by atomic mass is 10.1. The third-order valence-electron chi connectivity index (χ3n) is 3.48. The fourth-order valence-corrected chi connectivity index (χ4v) is 3.52. The first-order valence-electron chi connectivity index (χ1n) is 7.19. The highest BCUT2D eigenvalue weighted by Gasteiger charge is 2.17. The highest BCUT2D eigenvalue weighted by atomic mass is 32.2. The Hall–Kier alpha value is -2.13. The van der Waals surface area contributed by atoms with Crippen LogP contribution in [0.4, 0.5) is 0 Å². The smallest absolute Gasteiger partial charge is 0.121 e. The average molecular weight is 310 g/mol. The normalized spacial score (nSPS) is 12.0. The molecular weight excluding hydrogens is 292 g/mol. The summed E-state index contributed by atoms with van der Waals surface area (Å²) in [7, 11) is 1.68. The maximum Gasteiger partial charge on any atom is 0.121 e. The first-order chi connectivity index (χ1) is 10.9. The Balaban J connectivity index is 1.81. The van der Waals surface area contributed by atoms with Crippen molar-refractivity contribution in [2.75, 3.05) is 7.11 Å². The monoisotopic (exact) mass is 310 g/mol. The molecule has 112 valence electrons. The molecule has 0 spiro atoms. The summed E-state index contributed by atoms with van der Waals surface area (Å²) in [4.78, 5) is 0. The molecule has 0 fully saturated rings. The van der Waals surface area contributed by atoms with Crippen LogP contribution in [-0.4, -0.2) is 7.11 Å². The molecule has 3 rings (SSSR count). The maximum atomic E-state index is 5.64. The number of rotatable bonds is 6. The van der Waals surface area contributed by atoms with Gasteiger partial charge in [-0.1, -0.05) is 42.5 Å². The van der Waals surface area contributed by atoms with E-state index in [0.717, 1.165) is 17.3 Å². The first-order valence-corrected chi connectivity index (χ1v) is 8.24. The van der Waals surface area contributed by atoms with E-state index in [2.05, 4.69) is 36.4 Å². The predicted molar refractivity (Wildman–Crippen MR) is 91.3 cm³/mol. The van der Waals surface area contributed by atoms with Gasteiger partial charge in [-0.15, -0.1) is 11.8 Å². The molecule has 2 nitrogen and oxygen atoms in total. The van der Waals surface area contributed by atoms with Gasteiger partial charge in [-0.2, -0.15) is 0 Å². The van der Waals surface area contributed by atoms with E-state index < -0.39 is 0 Å². The van der Waals surface area contributed by atoms with Gasteiger partial charge in [0.25, 0.3) is 0 Å². The highest BCUT2D eigenvalue weighted by Crippen LogP contribution is 2.38. The minimum atomic E-state index is 0.182. The fourth-order valence-electron chi connectivity index (χ4n) is 2.32. The summed E-state index contributed by atoms with van der Waals surface area (Å²) in [5.74, 6) is 2.79. The van der Waals surface area contributed by atoms with Crippen molar-refractivity contribution in [3.05, 3.63) is 89.9 Å². The lowest BCUT2D eigenvalue weighted by Gasteiger charge is -2.15. The third kappa shape index (κ3) is 3.55. The molecule has 0 aliphatic heterocycles. The molecule has 0 N–H and O–H groups in total. The molecular formula is C19H18O2S. The topological polar surface area (TPSA) is 22.4 Å². The Bertz CT molecular complexity index is 675. The number of ether oxygens (including phenoxy) is 1. The molecule has 3 aromatic rings. The average Bonchev–Trinajstić information content (AvgIpc) is 3.11. The summed E-state index contributed by atoms with van der Waals surface area (Å²) < 4.78 is 10.9. The third-order valence-corrected chi connectivity index (χ3v) is 4.82. The number of methoxy groups -OCH3 is 1. The Morgan fingerprint density at radius 3 is 2.36 bits per heavy atom. The van der Waals surface area contributed by atoms with E-state index in [0.29, 0.717) is 0 Å². The van der Waals surface area contributed by atoms with Crippen LogP contribution in [0.5, 0.6) is 5.75 Å². The van der Waals surface area contributed by atoms with Crippen LogP contribution >= 0.6 is 11.8 Å². The number of hydrogen-bond acceptors (Lipinski definition) is 3. The molecule has 0 bridgehead atoms. The van der Waals surface area contributed by atoms with Gasteiger partial charge >= 0.3 is 0 Å². The Morgan fingerprint density at radius 1 is 0.955 bits per heavy atom. The fraction of sp³-hybridized carbons (Fsp3) is 0.158. The van der Waals surface area contributed by atoms with Crippen LogP contribution in [0, 0.1) is 0 Å². The summed E-state index contributed by atoms with van der Waals surface area (Å²) in [6.45, 7) is 0. The summed E-state index contributed by atoms with van der Waals surface area (Å²) in [5.41, 5.74) is 2.54. The minimum Gasteiger partial charge on any atom is -0.497 e. The molecule has 0 amide bonds. The molecule has 0 saturated heterocycles. The molecule has 1 atom stereocenters. The van der Waals surface area contributed by atoms with E-state index in [1.165, 1.54) is 11.1 Å². The molecule has 1 aromatic heterocycles. The van der Waals surface area contributed by atoms with E-state index in [1.807, 2.05) is 42.1 Å². The predicted octanol–water partition coefficient (Wildman–Crippen LogP) is 5.31. The van der Waals surface area contributed by atoms with Gasteiger partial charge in [-0.05, 0) is 35.4 Å². The van der Waals surface area contributed by atoms with Gasteiger partial charge in [0.1, 0.15) is 11.5 Å². The first kappa shape index (κ1) is 14.8. The molecule has 0 aliphatic carbocycles. The summed E-state index contributed by atoms with van der Waals surface area (Å²) >= 11 is 1.86. The van der Waals surface area contributed by atoms with E-state index in [9.17, 15) is 0 Å². The van der Waals surface area contributed by atoms with Gasteiger partial charge < -0.3 is 9.15 Å². The zero-order chi connectivity index (χ0) is 15.2. The Labute approximate surface area is 135 Å². The van der Waals surface area contributed by atoms with Crippen LogP contribution in [0.1, 0.15) is 22.1 Å². The van der Waals surface area contributed by atoms with Crippen molar-refractivity contribution in [3.63, 3.8) is 0 Å². The Morgan fingerprint density at radius 2 is 1.73 bits per heavy atom. The van der Waals surface area contributed by atoms with Crippen LogP contribution in [0.25, 0.3) is 0 Å². The lowest BCUT2D eigenvalue weighted by Crippen LogP contribution is -1.96. The van der Waals surface area contributed by atoms with Crippen molar-refractivity contribution in [1.29, 1.82) is 0 Å². The molecule has 1 unspecified atom stereocenters. The molecule has 0 radical (unpaired) electrons. The van der Waals surface area contributed by atoms with Crippen LogP contribution in [0.3, 0.4) is 0 Å². The van der Waals surface area contributed by atoms with Crippen molar-refractivity contribution in [2.45, 2.75) is 11.0 Å². The molecule has 3 heteroatoms.